The highest BCUT2D eigenvalue weighted by atomic mass is 35.5. The maximum absolute atomic E-state index is 12.4. The van der Waals surface area contributed by atoms with E-state index in [2.05, 4.69) is 0 Å². The lowest BCUT2D eigenvalue weighted by Crippen LogP contribution is -1.87. The summed E-state index contributed by atoms with van der Waals surface area (Å²) in [4.78, 5) is 0. The fourth-order valence-electron chi connectivity index (χ4n) is 0.668. The second kappa shape index (κ2) is 3.42. The molecule has 0 atom stereocenters. The van der Waals surface area contributed by atoms with Gasteiger partial charge in [-0.3, -0.25) is 0 Å². The topological polar surface area (TPSA) is 26.0 Å². The third-order valence-corrected chi connectivity index (χ3v) is 1.18. The molecule has 0 aliphatic carbocycles. The van der Waals surface area contributed by atoms with Gasteiger partial charge in [0.2, 0.25) is 0 Å². The summed E-state index contributed by atoms with van der Waals surface area (Å²) in [6, 6.07) is 4.52. The molecule has 1 aromatic carbocycles. The predicted molar refractivity (Wildman–Crippen MR) is 42.8 cm³/mol. The van der Waals surface area contributed by atoms with E-state index in [0.29, 0.717) is 11.3 Å². The number of anilines is 1. The molecule has 1 rings (SSSR count). The summed E-state index contributed by atoms with van der Waals surface area (Å²) in [6.45, 7) is 1.69. The van der Waals surface area contributed by atoms with E-state index in [-0.39, 0.29) is 18.2 Å². The van der Waals surface area contributed by atoms with E-state index in [1.54, 1.807) is 19.1 Å². The number of benzene rings is 1. The Balaban J connectivity index is 0.000000810. The van der Waals surface area contributed by atoms with Gasteiger partial charge in [-0.05, 0) is 30.7 Å². The van der Waals surface area contributed by atoms with Crippen molar-refractivity contribution in [3.05, 3.63) is 29.6 Å². The standard InChI is InChI=1S/C7H8FN.ClH/c1-5-4-6(9)2-3-7(5)8;/h2-4H,9H2,1H3;1H. The van der Waals surface area contributed by atoms with Crippen molar-refractivity contribution in [2.75, 3.05) is 5.73 Å². The third kappa shape index (κ3) is 1.88. The molecule has 1 nitrogen and oxygen atoms in total. The van der Waals surface area contributed by atoms with Crippen molar-refractivity contribution < 1.29 is 4.39 Å². The van der Waals surface area contributed by atoms with Crippen LogP contribution in [0, 0.1) is 12.7 Å². The summed E-state index contributed by atoms with van der Waals surface area (Å²) in [7, 11) is 0. The number of nitrogen functional groups attached to an aromatic ring is 1. The minimum absolute atomic E-state index is 0. The number of hydrogen-bond donors (Lipinski definition) is 1. The van der Waals surface area contributed by atoms with E-state index in [0.717, 1.165) is 0 Å². The average Bonchev–Trinajstić information content (AvgIpc) is 1.80. The first kappa shape index (κ1) is 9.24. The lowest BCUT2D eigenvalue weighted by Gasteiger charge is -1.95. The van der Waals surface area contributed by atoms with Gasteiger partial charge in [0.15, 0.2) is 0 Å². The molecule has 0 heterocycles. The van der Waals surface area contributed by atoms with Crippen LogP contribution >= 0.6 is 12.4 Å². The molecule has 3 heteroatoms. The minimum Gasteiger partial charge on any atom is -0.399 e. The molecule has 0 radical (unpaired) electrons. The number of hydrogen-bond acceptors (Lipinski definition) is 1. The van der Waals surface area contributed by atoms with Crippen LogP contribution in [0.4, 0.5) is 10.1 Å². The summed E-state index contributed by atoms with van der Waals surface area (Å²) in [5, 5.41) is 0. The van der Waals surface area contributed by atoms with Gasteiger partial charge in [0.05, 0.1) is 0 Å². The van der Waals surface area contributed by atoms with Crippen LogP contribution < -0.4 is 5.73 Å². The monoisotopic (exact) mass is 161 g/mol. The first-order valence-electron chi connectivity index (χ1n) is 2.72. The molecular weight excluding hydrogens is 153 g/mol. The Morgan fingerprint density at radius 3 is 2.40 bits per heavy atom. The molecule has 0 aromatic heterocycles. The van der Waals surface area contributed by atoms with E-state index in [9.17, 15) is 4.39 Å². The molecular formula is C7H9ClFN. The Kier molecular flexibility index (Phi) is 3.16. The Morgan fingerprint density at radius 1 is 1.40 bits per heavy atom. The first-order chi connectivity index (χ1) is 4.20. The fourth-order valence-corrected chi connectivity index (χ4v) is 0.668. The zero-order valence-electron chi connectivity index (χ0n) is 5.60. The van der Waals surface area contributed by atoms with Crippen molar-refractivity contribution >= 4 is 18.1 Å². The molecule has 0 bridgehead atoms. The molecule has 0 saturated carbocycles. The van der Waals surface area contributed by atoms with Gasteiger partial charge in [0.1, 0.15) is 5.82 Å². The highest BCUT2D eigenvalue weighted by Crippen LogP contribution is 2.09. The van der Waals surface area contributed by atoms with Crippen molar-refractivity contribution in [1.29, 1.82) is 0 Å². The van der Waals surface area contributed by atoms with E-state index in [1.165, 1.54) is 6.07 Å². The van der Waals surface area contributed by atoms with Gasteiger partial charge in [-0.15, -0.1) is 12.4 Å². The highest BCUT2D eigenvalue weighted by molar-refractivity contribution is 5.85. The Labute approximate surface area is 65.5 Å². The quantitative estimate of drug-likeness (QED) is 0.580. The summed E-state index contributed by atoms with van der Waals surface area (Å²) < 4.78 is 12.4. The van der Waals surface area contributed by atoms with E-state index in [1.807, 2.05) is 0 Å². The molecule has 0 aliphatic heterocycles. The van der Waals surface area contributed by atoms with Crippen LogP contribution in [0.5, 0.6) is 0 Å². The first-order valence-corrected chi connectivity index (χ1v) is 2.72. The largest absolute Gasteiger partial charge is 0.399 e. The highest BCUT2D eigenvalue weighted by Gasteiger charge is 1.93. The molecule has 56 valence electrons. The van der Waals surface area contributed by atoms with Gasteiger partial charge in [0, 0.05) is 5.69 Å². The number of nitrogens with two attached hydrogens (primary N) is 1. The third-order valence-electron chi connectivity index (χ3n) is 1.18. The normalized spacial score (nSPS) is 8.60. The zero-order valence-corrected chi connectivity index (χ0v) is 6.41. The molecule has 0 aliphatic rings. The van der Waals surface area contributed by atoms with Gasteiger partial charge in [0.25, 0.3) is 0 Å². The van der Waals surface area contributed by atoms with Crippen molar-refractivity contribution in [3.8, 4) is 0 Å². The van der Waals surface area contributed by atoms with Crippen LogP contribution in [0.2, 0.25) is 0 Å². The van der Waals surface area contributed by atoms with E-state index < -0.39 is 0 Å². The predicted octanol–water partition coefficient (Wildman–Crippen LogP) is 2.14. The molecule has 0 fully saturated rings. The number of aryl methyl sites for hydroxylation is 1. The molecule has 2 N–H and O–H groups in total. The minimum atomic E-state index is -0.204. The number of rotatable bonds is 0. The van der Waals surface area contributed by atoms with E-state index in [4.69, 9.17) is 5.73 Å². The average molecular weight is 162 g/mol. The summed E-state index contributed by atoms with van der Waals surface area (Å²) in [6.07, 6.45) is 0. The number of halogens is 2. The van der Waals surface area contributed by atoms with Crippen LogP contribution in [0.1, 0.15) is 5.56 Å². The van der Waals surface area contributed by atoms with Gasteiger partial charge >= 0.3 is 0 Å². The van der Waals surface area contributed by atoms with Crippen molar-refractivity contribution in [2.24, 2.45) is 0 Å². The second-order valence-electron chi connectivity index (χ2n) is 2.01. The van der Waals surface area contributed by atoms with Crippen molar-refractivity contribution in [1.82, 2.24) is 0 Å². The smallest absolute Gasteiger partial charge is 0.126 e. The van der Waals surface area contributed by atoms with Crippen molar-refractivity contribution in [2.45, 2.75) is 6.92 Å². The lowest BCUT2D eigenvalue weighted by atomic mass is 10.2. The molecule has 1 aromatic rings. The fraction of sp³-hybridized carbons (Fsp3) is 0.143. The van der Waals surface area contributed by atoms with E-state index >= 15 is 0 Å². The van der Waals surface area contributed by atoms with Crippen LogP contribution in [0.15, 0.2) is 18.2 Å². The second-order valence-corrected chi connectivity index (χ2v) is 2.01. The molecule has 0 amide bonds. The van der Waals surface area contributed by atoms with Crippen LogP contribution in [0.25, 0.3) is 0 Å². The Bertz CT molecular complexity index is 225. The van der Waals surface area contributed by atoms with Gasteiger partial charge < -0.3 is 5.73 Å². The lowest BCUT2D eigenvalue weighted by molar-refractivity contribution is 0.619. The summed E-state index contributed by atoms with van der Waals surface area (Å²) in [5.74, 6) is -0.204. The Hall–Kier alpha value is -0.760. The van der Waals surface area contributed by atoms with Crippen molar-refractivity contribution in [3.63, 3.8) is 0 Å². The van der Waals surface area contributed by atoms with Crippen LogP contribution in [0.3, 0.4) is 0 Å². The van der Waals surface area contributed by atoms with Gasteiger partial charge in [-0.1, -0.05) is 0 Å². The SMILES string of the molecule is Cc1cc(N)ccc1F.Cl. The summed E-state index contributed by atoms with van der Waals surface area (Å²) >= 11 is 0. The molecule has 0 saturated heterocycles. The maximum Gasteiger partial charge on any atom is 0.126 e. The molecule has 0 unspecified atom stereocenters. The maximum atomic E-state index is 12.4. The molecule has 0 spiro atoms. The zero-order chi connectivity index (χ0) is 6.85. The van der Waals surface area contributed by atoms with Gasteiger partial charge in [-0.25, -0.2) is 4.39 Å². The molecule has 10 heavy (non-hydrogen) atoms. The summed E-state index contributed by atoms with van der Waals surface area (Å²) in [5.41, 5.74) is 6.56. The van der Waals surface area contributed by atoms with Crippen LogP contribution in [-0.4, -0.2) is 0 Å². The van der Waals surface area contributed by atoms with Crippen LogP contribution in [-0.2, 0) is 0 Å². The Morgan fingerprint density at radius 2 is 2.00 bits per heavy atom. The van der Waals surface area contributed by atoms with Gasteiger partial charge in [-0.2, -0.15) is 0 Å².